The molecular weight excluding hydrogens is 285 g/mol. The van der Waals surface area contributed by atoms with Gasteiger partial charge in [-0.25, -0.2) is 14.4 Å². The molecule has 0 aliphatic heterocycles. The smallest absolute Gasteiger partial charge is 0.140 e. The van der Waals surface area contributed by atoms with E-state index in [-0.39, 0.29) is 5.82 Å². The molecule has 0 unspecified atom stereocenters. The number of halogens is 2. The number of hydrogen-bond acceptors (Lipinski definition) is 2. The number of benzene rings is 1. The fraction of sp³-hybridized carbons (Fsp3) is 0. The Morgan fingerprint density at radius 2 is 2.06 bits per heavy atom. The van der Waals surface area contributed by atoms with Crippen LogP contribution in [0.25, 0.3) is 22.4 Å². The van der Waals surface area contributed by atoms with Crippen molar-refractivity contribution in [1.82, 2.24) is 15.0 Å². The van der Waals surface area contributed by atoms with Gasteiger partial charge < -0.3 is 4.98 Å². The van der Waals surface area contributed by atoms with Crippen molar-refractivity contribution >= 4 is 27.0 Å². The van der Waals surface area contributed by atoms with Gasteiger partial charge in [-0.1, -0.05) is 0 Å². The van der Waals surface area contributed by atoms with Gasteiger partial charge >= 0.3 is 0 Å². The lowest BCUT2D eigenvalue weighted by Crippen LogP contribution is -1.82. The quantitative estimate of drug-likeness (QED) is 0.697. The highest BCUT2D eigenvalue weighted by Gasteiger charge is 2.06. The summed E-state index contributed by atoms with van der Waals surface area (Å²) in [7, 11) is 0. The van der Waals surface area contributed by atoms with Crippen LogP contribution in [-0.2, 0) is 0 Å². The van der Waals surface area contributed by atoms with Crippen LogP contribution in [-0.4, -0.2) is 15.0 Å². The lowest BCUT2D eigenvalue weighted by Gasteiger charge is -1.94. The van der Waals surface area contributed by atoms with Crippen LogP contribution in [0.15, 0.2) is 41.1 Å². The summed E-state index contributed by atoms with van der Waals surface area (Å²) in [5.74, 6) is 0.409. The van der Waals surface area contributed by atoms with E-state index in [2.05, 4.69) is 30.9 Å². The molecule has 0 atom stereocenters. The normalized spacial score (nSPS) is 10.9. The largest absolute Gasteiger partial charge is 0.338 e. The molecule has 0 aliphatic carbocycles. The number of imidazole rings is 1. The van der Waals surface area contributed by atoms with Crippen molar-refractivity contribution < 1.29 is 4.39 Å². The maximum absolute atomic E-state index is 13.0. The molecule has 2 heterocycles. The Bertz CT molecular complexity index is 676. The highest BCUT2D eigenvalue weighted by molar-refractivity contribution is 9.10. The minimum Gasteiger partial charge on any atom is -0.338 e. The highest BCUT2D eigenvalue weighted by atomic mass is 79.9. The number of nitrogens with one attached hydrogen (secondary N) is 1. The van der Waals surface area contributed by atoms with Gasteiger partial charge in [0.1, 0.15) is 16.2 Å². The number of aromatic amines is 1. The van der Waals surface area contributed by atoms with Crippen LogP contribution in [0.1, 0.15) is 0 Å². The summed E-state index contributed by atoms with van der Waals surface area (Å²) < 4.78 is 13.8. The number of nitrogens with zero attached hydrogens (tertiary/aromatic N) is 2. The third kappa shape index (κ3) is 1.93. The summed E-state index contributed by atoms with van der Waals surface area (Å²) in [6.07, 6.45) is 1.71. The highest BCUT2D eigenvalue weighted by Crippen LogP contribution is 2.21. The molecule has 5 heteroatoms. The number of hydrogen-bond donors (Lipinski definition) is 1. The van der Waals surface area contributed by atoms with Crippen LogP contribution < -0.4 is 0 Å². The Hall–Kier alpha value is -1.75. The number of pyridine rings is 1. The van der Waals surface area contributed by atoms with Gasteiger partial charge in [-0.2, -0.15) is 0 Å². The minimum absolute atomic E-state index is 0.276. The molecule has 3 aromatic rings. The van der Waals surface area contributed by atoms with E-state index in [0.29, 0.717) is 11.3 Å². The second-order valence-corrected chi connectivity index (χ2v) is 4.43. The summed E-state index contributed by atoms with van der Waals surface area (Å²) >= 11 is 3.27. The molecule has 0 amide bonds. The molecule has 1 N–H and O–H groups in total. The van der Waals surface area contributed by atoms with Crippen LogP contribution in [0.3, 0.4) is 0 Å². The fourth-order valence-corrected chi connectivity index (χ4v) is 1.87. The van der Waals surface area contributed by atoms with Crippen molar-refractivity contribution in [2.24, 2.45) is 0 Å². The Labute approximate surface area is 105 Å². The summed E-state index contributed by atoms with van der Waals surface area (Å²) in [6.45, 7) is 0. The van der Waals surface area contributed by atoms with Crippen molar-refractivity contribution in [2.45, 2.75) is 0 Å². The van der Waals surface area contributed by atoms with E-state index >= 15 is 0 Å². The minimum atomic E-state index is -0.276. The number of H-pyrrole nitrogens is 1. The van der Waals surface area contributed by atoms with Crippen molar-refractivity contribution in [3.05, 3.63) is 46.9 Å². The first kappa shape index (κ1) is 10.4. The van der Waals surface area contributed by atoms with Gasteiger partial charge in [0.15, 0.2) is 0 Å². The second kappa shape index (κ2) is 3.92. The molecule has 0 aliphatic rings. The monoisotopic (exact) mass is 291 g/mol. The first-order valence-corrected chi connectivity index (χ1v) is 5.79. The predicted molar refractivity (Wildman–Crippen MR) is 67.0 cm³/mol. The van der Waals surface area contributed by atoms with Crippen molar-refractivity contribution in [3.63, 3.8) is 0 Å². The summed E-state index contributed by atoms with van der Waals surface area (Å²) in [4.78, 5) is 11.6. The first-order valence-electron chi connectivity index (χ1n) is 4.99. The topological polar surface area (TPSA) is 41.6 Å². The lowest BCUT2D eigenvalue weighted by molar-refractivity contribution is 0.629. The Morgan fingerprint density at radius 3 is 2.82 bits per heavy atom. The number of rotatable bonds is 1. The molecule has 0 saturated carbocycles. The number of fused-ring (bicyclic) bond motifs is 1. The predicted octanol–water partition coefficient (Wildman–Crippen LogP) is 3.53. The molecule has 1 aromatic carbocycles. The van der Waals surface area contributed by atoms with Crippen molar-refractivity contribution in [3.8, 4) is 11.4 Å². The molecule has 84 valence electrons. The maximum Gasteiger partial charge on any atom is 0.140 e. The zero-order valence-corrected chi connectivity index (χ0v) is 10.2. The van der Waals surface area contributed by atoms with E-state index in [0.717, 1.165) is 15.7 Å². The third-order valence-corrected chi connectivity index (χ3v) is 2.91. The van der Waals surface area contributed by atoms with Crippen LogP contribution in [0, 0.1) is 5.82 Å². The first-order chi connectivity index (χ1) is 8.22. The molecule has 3 rings (SSSR count). The zero-order valence-electron chi connectivity index (χ0n) is 8.61. The number of aromatic nitrogens is 3. The van der Waals surface area contributed by atoms with E-state index < -0.39 is 0 Å². The van der Waals surface area contributed by atoms with Crippen LogP contribution in [0.4, 0.5) is 4.39 Å². The Balaban J connectivity index is 2.14. The van der Waals surface area contributed by atoms with Gasteiger partial charge in [0.2, 0.25) is 0 Å². The Morgan fingerprint density at radius 1 is 1.18 bits per heavy atom. The SMILES string of the molecule is Fc1ccc2nc(-c3ccc(Br)nc3)[nH]c2c1. The zero-order chi connectivity index (χ0) is 11.8. The molecule has 0 spiro atoms. The van der Waals surface area contributed by atoms with Gasteiger partial charge in [-0.05, 0) is 46.3 Å². The summed E-state index contributed by atoms with van der Waals surface area (Å²) in [5.41, 5.74) is 2.29. The molecule has 3 nitrogen and oxygen atoms in total. The lowest BCUT2D eigenvalue weighted by atomic mass is 10.3. The van der Waals surface area contributed by atoms with E-state index in [4.69, 9.17) is 0 Å². The molecule has 0 radical (unpaired) electrons. The van der Waals surface area contributed by atoms with E-state index in [9.17, 15) is 4.39 Å². The van der Waals surface area contributed by atoms with Gasteiger partial charge in [-0.3, -0.25) is 0 Å². The standard InChI is InChI=1S/C12H7BrFN3/c13-11-4-1-7(6-15-11)12-16-9-3-2-8(14)5-10(9)17-12/h1-6H,(H,16,17). The van der Waals surface area contributed by atoms with Crippen molar-refractivity contribution in [1.29, 1.82) is 0 Å². The molecule has 0 saturated heterocycles. The van der Waals surface area contributed by atoms with E-state index in [1.54, 1.807) is 12.3 Å². The van der Waals surface area contributed by atoms with Crippen LogP contribution >= 0.6 is 15.9 Å². The molecule has 17 heavy (non-hydrogen) atoms. The van der Waals surface area contributed by atoms with E-state index in [1.165, 1.54) is 12.1 Å². The second-order valence-electron chi connectivity index (χ2n) is 3.62. The van der Waals surface area contributed by atoms with Gasteiger partial charge in [-0.15, -0.1) is 0 Å². The van der Waals surface area contributed by atoms with Gasteiger partial charge in [0.25, 0.3) is 0 Å². The Kier molecular flexibility index (Phi) is 2.40. The molecule has 0 fully saturated rings. The molecule has 2 aromatic heterocycles. The van der Waals surface area contributed by atoms with E-state index in [1.807, 2.05) is 12.1 Å². The average Bonchev–Trinajstić information content (AvgIpc) is 2.72. The molecule has 0 bridgehead atoms. The fourth-order valence-electron chi connectivity index (χ4n) is 1.63. The van der Waals surface area contributed by atoms with Gasteiger partial charge in [0, 0.05) is 11.8 Å². The van der Waals surface area contributed by atoms with Crippen LogP contribution in [0.2, 0.25) is 0 Å². The van der Waals surface area contributed by atoms with Crippen LogP contribution in [0.5, 0.6) is 0 Å². The summed E-state index contributed by atoms with van der Waals surface area (Å²) in [6, 6.07) is 8.20. The third-order valence-electron chi connectivity index (χ3n) is 2.44. The average molecular weight is 292 g/mol. The molecular formula is C12H7BrFN3. The maximum atomic E-state index is 13.0. The van der Waals surface area contributed by atoms with Crippen molar-refractivity contribution in [2.75, 3.05) is 0 Å². The summed E-state index contributed by atoms with van der Waals surface area (Å²) in [5, 5.41) is 0. The van der Waals surface area contributed by atoms with Gasteiger partial charge in [0.05, 0.1) is 11.0 Å².